The molecule has 0 spiro atoms. The van der Waals surface area contributed by atoms with E-state index in [0.717, 1.165) is 27.3 Å². The molecule has 1 unspecified atom stereocenters. The number of amides is 1. The molecule has 2 aromatic carbocycles. The Bertz CT molecular complexity index is 891. The van der Waals surface area contributed by atoms with E-state index in [2.05, 4.69) is 37.4 Å². The molecule has 1 atom stereocenters. The zero-order valence-electron chi connectivity index (χ0n) is 16.0. The second kappa shape index (κ2) is 7.56. The van der Waals surface area contributed by atoms with E-state index in [1.54, 1.807) is 11.3 Å². The average molecular weight is 368 g/mol. The molecule has 0 aliphatic heterocycles. The van der Waals surface area contributed by atoms with Crippen molar-refractivity contribution in [3.05, 3.63) is 58.1 Å². The maximum atomic E-state index is 12.6. The molecule has 1 heterocycles. The van der Waals surface area contributed by atoms with Gasteiger partial charge in [0.05, 0.1) is 22.8 Å². The van der Waals surface area contributed by atoms with Gasteiger partial charge in [0.15, 0.2) is 0 Å². The highest BCUT2D eigenvalue weighted by molar-refractivity contribution is 7.18. The summed E-state index contributed by atoms with van der Waals surface area (Å²) in [6.45, 7) is 8.54. The predicted octanol–water partition coefficient (Wildman–Crippen LogP) is 4.85. The number of nitrogens with one attached hydrogen (secondary N) is 1. The first kappa shape index (κ1) is 18.5. The van der Waals surface area contributed by atoms with Crippen LogP contribution in [0.5, 0.6) is 0 Å². The Morgan fingerprint density at radius 2 is 1.85 bits per heavy atom. The molecular weight excluding hydrogens is 342 g/mol. The van der Waals surface area contributed by atoms with Crippen molar-refractivity contribution < 1.29 is 4.79 Å². The lowest BCUT2D eigenvalue weighted by Gasteiger charge is -2.23. The van der Waals surface area contributed by atoms with Gasteiger partial charge in [0.1, 0.15) is 5.01 Å². The van der Waals surface area contributed by atoms with Crippen LogP contribution in [0.2, 0.25) is 0 Å². The standard InChI is InChI=1S/C21H25N3OS/c1-13-10-14(2)20(15(3)11-13)23-19(25)12-24(5)16(4)21-22-17-8-6-7-9-18(17)26-21/h6-11,16H,12H2,1-5H3,(H,23,25). The summed E-state index contributed by atoms with van der Waals surface area (Å²) in [6, 6.07) is 12.4. The third-order valence-electron chi connectivity index (χ3n) is 4.66. The molecule has 0 bridgehead atoms. The molecule has 136 valence electrons. The molecule has 0 radical (unpaired) electrons. The molecule has 3 aromatic rings. The van der Waals surface area contributed by atoms with E-state index in [1.807, 2.05) is 44.0 Å². The number of carbonyl (C=O) groups excluding carboxylic acids is 1. The zero-order chi connectivity index (χ0) is 18.8. The van der Waals surface area contributed by atoms with Crippen LogP contribution in [0.25, 0.3) is 10.2 Å². The van der Waals surface area contributed by atoms with Crippen molar-refractivity contribution in [2.45, 2.75) is 33.7 Å². The van der Waals surface area contributed by atoms with Crippen molar-refractivity contribution in [2.24, 2.45) is 0 Å². The summed E-state index contributed by atoms with van der Waals surface area (Å²) in [6.07, 6.45) is 0. The SMILES string of the molecule is Cc1cc(C)c(NC(=O)CN(C)C(C)c2nc3ccccc3s2)c(C)c1. The Hall–Kier alpha value is -2.24. The Morgan fingerprint density at radius 1 is 1.19 bits per heavy atom. The van der Waals surface area contributed by atoms with Crippen LogP contribution in [0, 0.1) is 20.8 Å². The first-order valence-corrected chi connectivity index (χ1v) is 9.60. The summed E-state index contributed by atoms with van der Waals surface area (Å²) in [5, 5.41) is 4.10. The van der Waals surface area contributed by atoms with E-state index < -0.39 is 0 Å². The first-order chi connectivity index (χ1) is 12.3. The Kier molecular flexibility index (Phi) is 5.39. The van der Waals surface area contributed by atoms with Gasteiger partial charge in [-0.15, -0.1) is 11.3 Å². The highest BCUT2D eigenvalue weighted by Gasteiger charge is 2.19. The fraction of sp³-hybridized carbons (Fsp3) is 0.333. The molecule has 3 rings (SSSR count). The van der Waals surface area contributed by atoms with Gasteiger partial charge in [-0.2, -0.15) is 0 Å². The fourth-order valence-electron chi connectivity index (χ4n) is 3.18. The molecule has 0 saturated carbocycles. The third-order valence-corrected chi connectivity index (χ3v) is 5.87. The number of aryl methyl sites for hydroxylation is 3. The molecule has 0 aliphatic rings. The van der Waals surface area contributed by atoms with E-state index in [-0.39, 0.29) is 11.9 Å². The number of nitrogens with zero attached hydrogens (tertiary/aromatic N) is 2. The largest absolute Gasteiger partial charge is 0.324 e. The van der Waals surface area contributed by atoms with Gasteiger partial charge in [-0.05, 0) is 58.0 Å². The summed E-state index contributed by atoms with van der Waals surface area (Å²) in [7, 11) is 1.96. The Labute approximate surface area is 158 Å². The number of fused-ring (bicyclic) bond motifs is 1. The van der Waals surface area contributed by atoms with Crippen LogP contribution in [0.3, 0.4) is 0 Å². The van der Waals surface area contributed by atoms with E-state index >= 15 is 0 Å². The number of para-hydroxylation sites is 1. The lowest BCUT2D eigenvalue weighted by Crippen LogP contribution is -2.32. The smallest absolute Gasteiger partial charge is 0.238 e. The van der Waals surface area contributed by atoms with Crippen molar-refractivity contribution in [3.8, 4) is 0 Å². The van der Waals surface area contributed by atoms with Gasteiger partial charge in [-0.25, -0.2) is 4.98 Å². The number of benzene rings is 2. The minimum Gasteiger partial charge on any atom is -0.324 e. The number of anilines is 1. The van der Waals surface area contributed by atoms with Gasteiger partial charge in [0, 0.05) is 5.69 Å². The Morgan fingerprint density at radius 3 is 2.50 bits per heavy atom. The first-order valence-electron chi connectivity index (χ1n) is 8.78. The molecule has 1 amide bonds. The molecule has 0 fully saturated rings. The molecule has 26 heavy (non-hydrogen) atoms. The number of carbonyl (C=O) groups is 1. The van der Waals surface area contributed by atoms with E-state index in [1.165, 1.54) is 10.3 Å². The minimum atomic E-state index is -0.00415. The third kappa shape index (κ3) is 3.94. The molecule has 0 aliphatic carbocycles. The summed E-state index contributed by atoms with van der Waals surface area (Å²) < 4.78 is 1.18. The summed E-state index contributed by atoms with van der Waals surface area (Å²) in [5.74, 6) is -0.00415. The maximum absolute atomic E-state index is 12.6. The van der Waals surface area contributed by atoms with Crippen molar-refractivity contribution >= 4 is 33.1 Å². The van der Waals surface area contributed by atoms with Crippen LogP contribution >= 0.6 is 11.3 Å². The minimum absolute atomic E-state index is 0.00415. The molecular formula is C21H25N3OS. The van der Waals surface area contributed by atoms with Gasteiger partial charge < -0.3 is 5.32 Å². The van der Waals surface area contributed by atoms with Crippen LogP contribution in [0.15, 0.2) is 36.4 Å². The molecule has 1 aromatic heterocycles. The van der Waals surface area contributed by atoms with Crippen LogP contribution in [0.1, 0.15) is 34.7 Å². The number of hydrogen-bond acceptors (Lipinski definition) is 4. The van der Waals surface area contributed by atoms with Crippen LogP contribution < -0.4 is 5.32 Å². The lowest BCUT2D eigenvalue weighted by molar-refractivity contribution is -0.117. The van der Waals surface area contributed by atoms with Crippen LogP contribution in [0.4, 0.5) is 5.69 Å². The van der Waals surface area contributed by atoms with Gasteiger partial charge >= 0.3 is 0 Å². The van der Waals surface area contributed by atoms with Gasteiger partial charge in [-0.1, -0.05) is 29.8 Å². The van der Waals surface area contributed by atoms with E-state index in [0.29, 0.717) is 6.54 Å². The average Bonchev–Trinajstić information content (AvgIpc) is 3.01. The van der Waals surface area contributed by atoms with Crippen molar-refractivity contribution in [3.63, 3.8) is 0 Å². The Balaban J connectivity index is 1.69. The summed E-state index contributed by atoms with van der Waals surface area (Å²) in [5.41, 5.74) is 5.33. The second-order valence-electron chi connectivity index (χ2n) is 6.93. The molecule has 5 heteroatoms. The van der Waals surface area contributed by atoms with E-state index in [9.17, 15) is 4.79 Å². The molecule has 0 saturated heterocycles. The number of rotatable bonds is 5. The predicted molar refractivity (Wildman–Crippen MR) is 110 cm³/mol. The lowest BCUT2D eigenvalue weighted by atomic mass is 10.1. The zero-order valence-corrected chi connectivity index (χ0v) is 16.8. The highest BCUT2D eigenvalue weighted by Crippen LogP contribution is 2.29. The number of thiazole rings is 1. The molecule has 1 N–H and O–H groups in total. The van der Waals surface area contributed by atoms with Crippen molar-refractivity contribution in [2.75, 3.05) is 18.9 Å². The number of hydrogen-bond donors (Lipinski definition) is 1. The number of aromatic nitrogens is 1. The monoisotopic (exact) mass is 367 g/mol. The van der Waals surface area contributed by atoms with Crippen molar-refractivity contribution in [1.29, 1.82) is 0 Å². The van der Waals surface area contributed by atoms with Crippen LogP contribution in [-0.4, -0.2) is 29.4 Å². The highest BCUT2D eigenvalue weighted by atomic mass is 32.1. The van der Waals surface area contributed by atoms with Crippen LogP contribution in [-0.2, 0) is 4.79 Å². The summed E-state index contributed by atoms with van der Waals surface area (Å²) in [4.78, 5) is 19.3. The van der Waals surface area contributed by atoms with Gasteiger partial charge in [0.2, 0.25) is 5.91 Å². The van der Waals surface area contributed by atoms with Crippen molar-refractivity contribution in [1.82, 2.24) is 9.88 Å². The maximum Gasteiger partial charge on any atom is 0.238 e. The summed E-state index contributed by atoms with van der Waals surface area (Å²) >= 11 is 1.69. The topological polar surface area (TPSA) is 45.2 Å². The quantitative estimate of drug-likeness (QED) is 0.701. The molecule has 4 nitrogen and oxygen atoms in total. The van der Waals surface area contributed by atoms with Gasteiger partial charge in [-0.3, -0.25) is 9.69 Å². The second-order valence-corrected chi connectivity index (χ2v) is 8.00. The fourth-order valence-corrected chi connectivity index (χ4v) is 4.26. The van der Waals surface area contributed by atoms with Gasteiger partial charge in [0.25, 0.3) is 0 Å². The number of likely N-dealkylation sites (N-methyl/N-ethyl adjacent to an activating group) is 1. The van der Waals surface area contributed by atoms with E-state index in [4.69, 9.17) is 4.98 Å². The normalized spacial score (nSPS) is 12.5.